The maximum absolute atomic E-state index is 12.1. The number of benzene rings is 2. The van der Waals surface area contributed by atoms with Crippen molar-refractivity contribution >= 4 is 39.8 Å². The van der Waals surface area contributed by atoms with Gasteiger partial charge in [0.05, 0.1) is 12.8 Å². The van der Waals surface area contributed by atoms with Crippen molar-refractivity contribution in [2.45, 2.75) is 6.92 Å². The molecule has 0 fully saturated rings. The lowest BCUT2D eigenvalue weighted by atomic mass is 10.1. The number of urea groups is 1. The lowest BCUT2D eigenvalue weighted by molar-refractivity contribution is 0.262. The second kappa shape index (κ2) is 7.55. The number of anilines is 2. The summed E-state index contributed by atoms with van der Waals surface area (Å²) in [5.41, 5.74) is 3.42. The number of carbonyl (C=O) groups is 1. The number of ether oxygens (including phenoxy) is 1. The number of amides is 2. The Balaban J connectivity index is 1.69. The number of halogens is 1. The topological polar surface area (TPSA) is 63.2 Å². The molecule has 0 atom stereocenters. The maximum atomic E-state index is 12.1. The van der Waals surface area contributed by atoms with E-state index >= 15 is 0 Å². The van der Waals surface area contributed by atoms with Crippen molar-refractivity contribution in [2.75, 3.05) is 17.7 Å². The van der Waals surface area contributed by atoms with E-state index in [-0.39, 0.29) is 6.03 Å². The third kappa shape index (κ3) is 4.29. The van der Waals surface area contributed by atoms with E-state index in [1.54, 1.807) is 31.4 Å². The van der Waals surface area contributed by atoms with Gasteiger partial charge in [0, 0.05) is 21.7 Å². The number of aromatic nitrogens is 1. The van der Waals surface area contributed by atoms with Crippen LogP contribution in [0.1, 0.15) is 5.56 Å². The molecule has 0 aliphatic carbocycles. The highest BCUT2D eigenvalue weighted by Crippen LogP contribution is 2.28. The van der Waals surface area contributed by atoms with Crippen LogP contribution in [-0.4, -0.2) is 18.1 Å². The molecule has 0 saturated heterocycles. The summed E-state index contributed by atoms with van der Waals surface area (Å²) in [5, 5.41) is 8.42. The largest absolute Gasteiger partial charge is 0.496 e. The molecular weight excluding hydrogens is 358 g/mol. The zero-order valence-corrected chi connectivity index (χ0v) is 15.2. The second-order valence-corrected chi connectivity index (χ2v) is 6.61. The number of hydrogen-bond acceptors (Lipinski definition) is 4. The van der Waals surface area contributed by atoms with Gasteiger partial charge in [-0.25, -0.2) is 9.78 Å². The normalized spacial score (nSPS) is 10.4. The Bertz CT molecular complexity index is 911. The summed E-state index contributed by atoms with van der Waals surface area (Å²) in [6.07, 6.45) is 0. The van der Waals surface area contributed by atoms with E-state index in [4.69, 9.17) is 16.3 Å². The van der Waals surface area contributed by atoms with Gasteiger partial charge in [-0.2, -0.15) is 0 Å². The fraction of sp³-hybridized carbons (Fsp3) is 0.111. The van der Waals surface area contributed by atoms with Crippen LogP contribution in [0.15, 0.2) is 47.8 Å². The van der Waals surface area contributed by atoms with Crippen LogP contribution in [0.5, 0.6) is 5.75 Å². The zero-order valence-electron chi connectivity index (χ0n) is 13.7. The highest BCUT2D eigenvalue weighted by Gasteiger charge is 2.09. The van der Waals surface area contributed by atoms with E-state index in [1.165, 1.54) is 11.3 Å². The SMILES string of the molecule is COc1ccc(-c2csc(NC(=O)Nc3cccc(Cl)c3)n2)cc1C. The summed E-state index contributed by atoms with van der Waals surface area (Å²) in [6, 6.07) is 12.4. The van der Waals surface area contributed by atoms with Gasteiger partial charge in [-0.1, -0.05) is 17.7 Å². The molecule has 0 saturated carbocycles. The van der Waals surface area contributed by atoms with Crippen LogP contribution in [0, 0.1) is 6.92 Å². The highest BCUT2D eigenvalue weighted by molar-refractivity contribution is 7.14. The predicted molar refractivity (Wildman–Crippen MR) is 103 cm³/mol. The molecule has 0 bridgehead atoms. The lowest BCUT2D eigenvalue weighted by Gasteiger charge is -2.06. The molecule has 5 nitrogen and oxygen atoms in total. The standard InChI is InChI=1S/C18H16ClN3O2S/c1-11-8-12(6-7-16(11)24-2)15-10-25-18(21-15)22-17(23)20-14-5-3-4-13(19)9-14/h3-10H,1-2H3,(H2,20,21,22,23). The summed E-state index contributed by atoms with van der Waals surface area (Å²) in [5.74, 6) is 0.832. The van der Waals surface area contributed by atoms with Crippen molar-refractivity contribution in [1.29, 1.82) is 0 Å². The number of carbonyl (C=O) groups excluding carboxylic acids is 1. The first-order chi connectivity index (χ1) is 12.0. The van der Waals surface area contributed by atoms with Gasteiger partial charge in [-0.3, -0.25) is 5.32 Å². The van der Waals surface area contributed by atoms with E-state index in [0.717, 1.165) is 22.6 Å². The van der Waals surface area contributed by atoms with Crippen molar-refractivity contribution in [2.24, 2.45) is 0 Å². The molecule has 3 rings (SSSR count). The average Bonchev–Trinajstić information content (AvgIpc) is 3.03. The molecule has 0 aliphatic rings. The Morgan fingerprint density at radius 1 is 1.20 bits per heavy atom. The second-order valence-electron chi connectivity index (χ2n) is 5.31. The van der Waals surface area contributed by atoms with Gasteiger partial charge < -0.3 is 10.1 Å². The number of thiazole rings is 1. The monoisotopic (exact) mass is 373 g/mol. The van der Waals surface area contributed by atoms with E-state index in [0.29, 0.717) is 15.8 Å². The van der Waals surface area contributed by atoms with Crippen molar-refractivity contribution < 1.29 is 9.53 Å². The quantitative estimate of drug-likeness (QED) is 0.641. The highest BCUT2D eigenvalue weighted by atomic mass is 35.5. The van der Waals surface area contributed by atoms with Crippen molar-refractivity contribution in [3.8, 4) is 17.0 Å². The molecule has 0 unspecified atom stereocenters. The number of rotatable bonds is 4. The molecule has 1 heterocycles. The Labute approximate surface area is 154 Å². The van der Waals surface area contributed by atoms with Crippen LogP contribution in [0.4, 0.5) is 15.6 Å². The van der Waals surface area contributed by atoms with Gasteiger partial charge in [-0.05, 0) is 48.9 Å². The molecule has 0 aliphatic heterocycles. The minimum absolute atomic E-state index is 0.367. The first-order valence-corrected chi connectivity index (χ1v) is 8.75. The lowest BCUT2D eigenvalue weighted by Crippen LogP contribution is -2.19. The maximum Gasteiger partial charge on any atom is 0.325 e. The van der Waals surface area contributed by atoms with Gasteiger partial charge in [0.2, 0.25) is 0 Å². The first-order valence-electron chi connectivity index (χ1n) is 7.49. The van der Waals surface area contributed by atoms with Crippen LogP contribution >= 0.6 is 22.9 Å². The van der Waals surface area contributed by atoms with Crippen LogP contribution in [0.2, 0.25) is 5.02 Å². The van der Waals surface area contributed by atoms with Gasteiger partial charge in [0.1, 0.15) is 5.75 Å². The molecule has 1 aromatic heterocycles. The first kappa shape index (κ1) is 17.3. The van der Waals surface area contributed by atoms with Crippen LogP contribution in [0.3, 0.4) is 0 Å². The number of hydrogen-bond donors (Lipinski definition) is 2. The molecule has 2 amide bonds. The summed E-state index contributed by atoms with van der Waals surface area (Å²) in [6.45, 7) is 1.98. The number of aryl methyl sites for hydroxylation is 1. The molecular formula is C18H16ClN3O2S. The smallest absolute Gasteiger partial charge is 0.325 e. The van der Waals surface area contributed by atoms with E-state index in [2.05, 4.69) is 15.6 Å². The third-order valence-electron chi connectivity index (χ3n) is 3.50. The molecule has 128 valence electrons. The molecule has 2 aromatic carbocycles. The fourth-order valence-electron chi connectivity index (χ4n) is 2.33. The van der Waals surface area contributed by atoms with Crippen molar-refractivity contribution in [3.05, 3.63) is 58.4 Å². The summed E-state index contributed by atoms with van der Waals surface area (Å²) >= 11 is 7.26. The van der Waals surface area contributed by atoms with Crippen molar-refractivity contribution in [3.63, 3.8) is 0 Å². The molecule has 2 N–H and O–H groups in total. The number of methoxy groups -OCH3 is 1. The average molecular weight is 374 g/mol. The van der Waals surface area contributed by atoms with Gasteiger partial charge in [0.15, 0.2) is 5.13 Å². The van der Waals surface area contributed by atoms with Gasteiger partial charge >= 0.3 is 6.03 Å². The molecule has 7 heteroatoms. The number of nitrogens with zero attached hydrogens (tertiary/aromatic N) is 1. The van der Waals surface area contributed by atoms with Crippen LogP contribution in [0.25, 0.3) is 11.3 Å². The Morgan fingerprint density at radius 2 is 2.04 bits per heavy atom. The third-order valence-corrected chi connectivity index (χ3v) is 4.49. The van der Waals surface area contributed by atoms with Gasteiger partial charge in [0.25, 0.3) is 0 Å². The molecule has 0 spiro atoms. The minimum Gasteiger partial charge on any atom is -0.496 e. The van der Waals surface area contributed by atoms with Crippen molar-refractivity contribution in [1.82, 2.24) is 4.98 Å². The van der Waals surface area contributed by atoms with E-state index < -0.39 is 0 Å². The summed E-state index contributed by atoms with van der Waals surface area (Å²) < 4.78 is 5.27. The van der Waals surface area contributed by atoms with E-state index in [1.807, 2.05) is 30.5 Å². The summed E-state index contributed by atoms with van der Waals surface area (Å²) in [7, 11) is 1.64. The molecule has 25 heavy (non-hydrogen) atoms. The number of nitrogens with one attached hydrogen (secondary N) is 2. The predicted octanol–water partition coefficient (Wildman–Crippen LogP) is 5.42. The zero-order chi connectivity index (χ0) is 17.8. The Kier molecular flexibility index (Phi) is 5.21. The van der Waals surface area contributed by atoms with E-state index in [9.17, 15) is 4.79 Å². The Morgan fingerprint density at radius 3 is 2.76 bits per heavy atom. The fourth-order valence-corrected chi connectivity index (χ4v) is 3.23. The van der Waals surface area contributed by atoms with Crippen LogP contribution in [-0.2, 0) is 0 Å². The Hall–Kier alpha value is -2.57. The molecule has 3 aromatic rings. The van der Waals surface area contributed by atoms with Gasteiger partial charge in [-0.15, -0.1) is 11.3 Å². The minimum atomic E-state index is -0.367. The van der Waals surface area contributed by atoms with Crippen LogP contribution < -0.4 is 15.4 Å². The molecule has 0 radical (unpaired) electrons. The summed E-state index contributed by atoms with van der Waals surface area (Å²) in [4.78, 5) is 16.5.